The van der Waals surface area contributed by atoms with E-state index in [1.807, 2.05) is 44.1 Å². The van der Waals surface area contributed by atoms with E-state index in [2.05, 4.69) is 15.4 Å². The molecule has 0 atom stereocenters. The van der Waals surface area contributed by atoms with Crippen molar-refractivity contribution < 1.29 is 9.18 Å². The molecule has 5 nitrogen and oxygen atoms in total. The molecule has 27 heavy (non-hydrogen) atoms. The highest BCUT2D eigenvalue weighted by atomic mass is 19.1. The van der Waals surface area contributed by atoms with Gasteiger partial charge in [0.25, 0.3) is 5.91 Å². The standard InChI is InChI=1S/C21H25FN4O/c1-15-11-20(26-9-4-5-10-26)19(22)13-17(15)14-23-24-21(27)16-7-6-8-18(12-16)25(2)3/h6-8,11-14H,4-5,9-10H2,1-3H3,(H,24,27)/b23-14-. The number of carbonyl (C=O) groups excluding carboxylic acids is 1. The number of aryl methyl sites for hydroxylation is 1. The molecule has 1 N–H and O–H groups in total. The average Bonchev–Trinajstić information content (AvgIpc) is 3.18. The molecular weight excluding hydrogens is 343 g/mol. The fraction of sp³-hybridized carbons (Fsp3) is 0.333. The molecule has 3 rings (SSSR count). The predicted molar refractivity (Wildman–Crippen MR) is 108 cm³/mol. The quantitative estimate of drug-likeness (QED) is 0.648. The first-order chi connectivity index (χ1) is 13.0. The van der Waals surface area contributed by atoms with Crippen LogP contribution in [0.4, 0.5) is 15.8 Å². The smallest absolute Gasteiger partial charge is 0.271 e. The van der Waals surface area contributed by atoms with Crippen LogP contribution in [0.25, 0.3) is 0 Å². The third-order valence-electron chi connectivity index (χ3n) is 4.78. The summed E-state index contributed by atoms with van der Waals surface area (Å²) < 4.78 is 14.5. The first-order valence-corrected chi connectivity index (χ1v) is 9.11. The molecule has 1 fully saturated rings. The highest BCUT2D eigenvalue weighted by Crippen LogP contribution is 2.26. The monoisotopic (exact) mass is 368 g/mol. The van der Waals surface area contributed by atoms with Crippen LogP contribution >= 0.6 is 0 Å². The molecule has 1 amide bonds. The number of nitrogens with one attached hydrogen (secondary N) is 1. The van der Waals surface area contributed by atoms with Crippen LogP contribution in [0, 0.1) is 12.7 Å². The average molecular weight is 368 g/mol. The number of amides is 1. The molecule has 0 unspecified atom stereocenters. The van der Waals surface area contributed by atoms with E-state index >= 15 is 0 Å². The molecule has 6 heteroatoms. The summed E-state index contributed by atoms with van der Waals surface area (Å²) in [4.78, 5) is 16.3. The molecular formula is C21H25FN4O. The first kappa shape index (κ1) is 18.9. The van der Waals surface area contributed by atoms with Crippen LogP contribution in [-0.2, 0) is 0 Å². The summed E-state index contributed by atoms with van der Waals surface area (Å²) in [5.74, 6) is -0.560. The number of hydrogen-bond acceptors (Lipinski definition) is 4. The van der Waals surface area contributed by atoms with E-state index in [4.69, 9.17) is 0 Å². The van der Waals surface area contributed by atoms with Gasteiger partial charge in [-0.2, -0.15) is 5.10 Å². The number of rotatable bonds is 5. The number of benzene rings is 2. The second-order valence-electron chi connectivity index (χ2n) is 7.00. The van der Waals surface area contributed by atoms with Crippen molar-refractivity contribution in [3.05, 3.63) is 58.9 Å². The summed E-state index contributed by atoms with van der Waals surface area (Å²) >= 11 is 0. The molecule has 0 aliphatic carbocycles. The number of anilines is 2. The van der Waals surface area contributed by atoms with Crippen molar-refractivity contribution in [1.29, 1.82) is 0 Å². The van der Waals surface area contributed by atoms with Crippen LogP contribution in [0.3, 0.4) is 0 Å². The van der Waals surface area contributed by atoms with Crippen LogP contribution in [0.15, 0.2) is 41.5 Å². The summed E-state index contributed by atoms with van der Waals surface area (Å²) in [7, 11) is 3.83. The highest BCUT2D eigenvalue weighted by molar-refractivity contribution is 5.95. The second kappa shape index (κ2) is 8.20. The van der Waals surface area contributed by atoms with Crippen LogP contribution in [0.5, 0.6) is 0 Å². The number of nitrogens with zero attached hydrogens (tertiary/aromatic N) is 3. The highest BCUT2D eigenvalue weighted by Gasteiger charge is 2.17. The van der Waals surface area contributed by atoms with E-state index in [9.17, 15) is 9.18 Å². The molecule has 1 saturated heterocycles. The molecule has 2 aromatic carbocycles. The lowest BCUT2D eigenvalue weighted by Crippen LogP contribution is -2.20. The van der Waals surface area contributed by atoms with Gasteiger partial charge in [0, 0.05) is 44.0 Å². The van der Waals surface area contributed by atoms with Gasteiger partial charge in [-0.1, -0.05) is 6.07 Å². The van der Waals surface area contributed by atoms with Gasteiger partial charge in [0.05, 0.1) is 11.9 Å². The fourth-order valence-electron chi connectivity index (χ4n) is 3.17. The lowest BCUT2D eigenvalue weighted by molar-refractivity contribution is 0.0955. The van der Waals surface area contributed by atoms with Gasteiger partial charge in [0.1, 0.15) is 5.82 Å². The second-order valence-corrected chi connectivity index (χ2v) is 7.00. The molecule has 1 heterocycles. The molecule has 1 aliphatic rings. The number of hydrazone groups is 1. The predicted octanol–water partition coefficient (Wildman–Crippen LogP) is 3.56. The van der Waals surface area contributed by atoms with E-state index < -0.39 is 0 Å². The van der Waals surface area contributed by atoms with E-state index in [1.165, 1.54) is 12.3 Å². The van der Waals surface area contributed by atoms with Crippen molar-refractivity contribution in [3.63, 3.8) is 0 Å². The Morgan fingerprint density at radius 3 is 2.67 bits per heavy atom. The van der Waals surface area contributed by atoms with Crippen molar-refractivity contribution >= 4 is 23.5 Å². The van der Waals surface area contributed by atoms with Crippen LogP contribution < -0.4 is 15.2 Å². The Kier molecular flexibility index (Phi) is 5.74. The topological polar surface area (TPSA) is 47.9 Å². The van der Waals surface area contributed by atoms with Gasteiger partial charge in [0.15, 0.2) is 0 Å². The lowest BCUT2D eigenvalue weighted by atomic mass is 10.1. The third kappa shape index (κ3) is 4.45. The first-order valence-electron chi connectivity index (χ1n) is 9.11. The van der Waals surface area contributed by atoms with E-state index in [0.29, 0.717) is 16.8 Å². The Labute approximate surface area is 159 Å². The van der Waals surface area contributed by atoms with Crippen LogP contribution in [-0.4, -0.2) is 39.3 Å². The molecule has 0 aromatic heterocycles. The zero-order chi connectivity index (χ0) is 19.4. The SMILES string of the molecule is Cc1cc(N2CCCC2)c(F)cc1/C=N\NC(=O)c1cccc(N(C)C)c1. The van der Waals surface area contributed by atoms with Crippen molar-refractivity contribution in [2.24, 2.45) is 5.10 Å². The maximum atomic E-state index is 14.5. The largest absolute Gasteiger partial charge is 0.378 e. The van der Waals surface area contributed by atoms with Crippen LogP contribution in [0.2, 0.25) is 0 Å². The van der Waals surface area contributed by atoms with Gasteiger partial charge in [0.2, 0.25) is 0 Å². The van der Waals surface area contributed by atoms with E-state index in [0.717, 1.165) is 37.2 Å². The summed E-state index contributed by atoms with van der Waals surface area (Å²) in [6.07, 6.45) is 3.69. The third-order valence-corrected chi connectivity index (χ3v) is 4.78. The van der Waals surface area contributed by atoms with Crippen molar-refractivity contribution in [2.75, 3.05) is 37.0 Å². The Bertz CT molecular complexity index is 857. The zero-order valence-corrected chi connectivity index (χ0v) is 16.0. The van der Waals surface area contributed by atoms with Gasteiger partial charge in [-0.15, -0.1) is 0 Å². The zero-order valence-electron chi connectivity index (χ0n) is 16.0. The lowest BCUT2D eigenvalue weighted by Gasteiger charge is -2.19. The summed E-state index contributed by atoms with van der Waals surface area (Å²) in [5.41, 5.74) is 6.18. The van der Waals surface area contributed by atoms with E-state index in [-0.39, 0.29) is 11.7 Å². The summed E-state index contributed by atoms with van der Waals surface area (Å²) in [5, 5.41) is 4.00. The van der Waals surface area contributed by atoms with E-state index in [1.54, 1.807) is 12.1 Å². The van der Waals surface area contributed by atoms with Crippen molar-refractivity contribution in [3.8, 4) is 0 Å². The molecule has 1 aliphatic heterocycles. The molecule has 0 saturated carbocycles. The maximum absolute atomic E-state index is 14.5. The molecule has 2 aromatic rings. The molecule has 0 bridgehead atoms. The minimum Gasteiger partial charge on any atom is -0.378 e. The summed E-state index contributed by atoms with van der Waals surface area (Å²) in [6.45, 7) is 3.71. The Hall–Kier alpha value is -2.89. The van der Waals surface area contributed by atoms with Gasteiger partial charge < -0.3 is 9.80 Å². The van der Waals surface area contributed by atoms with Gasteiger partial charge in [-0.05, 0) is 55.7 Å². The normalized spacial score (nSPS) is 14.0. The Morgan fingerprint density at radius 2 is 1.96 bits per heavy atom. The Morgan fingerprint density at radius 1 is 1.22 bits per heavy atom. The minimum absolute atomic E-state index is 0.256. The van der Waals surface area contributed by atoms with Gasteiger partial charge in [-0.25, -0.2) is 9.82 Å². The molecule has 0 radical (unpaired) electrons. The minimum atomic E-state index is -0.304. The fourth-order valence-corrected chi connectivity index (χ4v) is 3.17. The Balaban J connectivity index is 1.70. The van der Waals surface area contributed by atoms with Crippen molar-refractivity contribution in [2.45, 2.75) is 19.8 Å². The van der Waals surface area contributed by atoms with Crippen molar-refractivity contribution in [1.82, 2.24) is 5.43 Å². The number of carbonyl (C=O) groups is 1. The summed E-state index contributed by atoms with van der Waals surface area (Å²) in [6, 6.07) is 10.6. The molecule has 142 valence electrons. The van der Waals surface area contributed by atoms with Gasteiger partial charge >= 0.3 is 0 Å². The maximum Gasteiger partial charge on any atom is 0.271 e. The molecule has 0 spiro atoms. The number of halogens is 1. The van der Waals surface area contributed by atoms with Crippen LogP contribution in [0.1, 0.15) is 34.3 Å². The number of hydrogen-bond donors (Lipinski definition) is 1. The van der Waals surface area contributed by atoms with Gasteiger partial charge in [-0.3, -0.25) is 4.79 Å².